The van der Waals surface area contributed by atoms with Crippen LogP contribution in [-0.2, 0) is 19.5 Å². The van der Waals surface area contributed by atoms with Crippen LogP contribution in [0.2, 0.25) is 0 Å². The quantitative estimate of drug-likeness (QED) is 0.282. The number of hydrogen-bond donors (Lipinski definition) is 3. The first-order chi connectivity index (χ1) is 14.6. The number of aryl methyl sites for hydroxylation is 1. The third-order valence-corrected chi connectivity index (χ3v) is 5.91. The van der Waals surface area contributed by atoms with Crippen LogP contribution < -0.4 is 10.6 Å². The van der Waals surface area contributed by atoms with Crippen molar-refractivity contribution < 1.29 is 5.11 Å². The number of hydrogen-bond acceptors (Lipinski definition) is 3. The van der Waals surface area contributed by atoms with E-state index in [1.807, 2.05) is 0 Å². The number of guanidine groups is 1. The third-order valence-electron chi connectivity index (χ3n) is 5.91. The Morgan fingerprint density at radius 1 is 1.03 bits per heavy atom. The Balaban J connectivity index is 0.00000341. The molecule has 0 saturated carbocycles. The number of benzene rings is 2. The van der Waals surface area contributed by atoms with E-state index in [1.165, 1.54) is 22.3 Å². The molecule has 0 amide bonds. The van der Waals surface area contributed by atoms with Gasteiger partial charge in [-0.3, -0.25) is 9.89 Å². The summed E-state index contributed by atoms with van der Waals surface area (Å²) in [4.78, 5) is 6.79. The Morgan fingerprint density at radius 2 is 1.61 bits per heavy atom. The summed E-state index contributed by atoms with van der Waals surface area (Å²) < 4.78 is 0. The van der Waals surface area contributed by atoms with Crippen LogP contribution in [-0.4, -0.2) is 42.2 Å². The zero-order valence-corrected chi connectivity index (χ0v) is 21.3. The minimum absolute atomic E-state index is 0. The lowest BCUT2D eigenvalue weighted by molar-refractivity contribution is 0.0792. The summed E-state index contributed by atoms with van der Waals surface area (Å²) in [6, 6.07) is 17.7. The molecular formula is C25H37IN4O. The number of aliphatic imine (C=N–C) groups is 1. The van der Waals surface area contributed by atoms with Crippen molar-refractivity contribution in [1.29, 1.82) is 0 Å². The molecule has 2 aromatic rings. The lowest BCUT2D eigenvalue weighted by Gasteiger charge is -2.29. The molecule has 5 nitrogen and oxygen atoms in total. The van der Waals surface area contributed by atoms with E-state index in [4.69, 9.17) is 0 Å². The Bertz CT molecular complexity index is 799. The monoisotopic (exact) mass is 536 g/mol. The molecule has 1 saturated heterocycles. The van der Waals surface area contributed by atoms with Gasteiger partial charge in [-0.1, -0.05) is 55.5 Å². The molecule has 0 spiro atoms. The van der Waals surface area contributed by atoms with Crippen LogP contribution in [0.25, 0.3) is 0 Å². The first-order valence-corrected chi connectivity index (χ1v) is 11.1. The number of nitrogens with one attached hydrogen (secondary N) is 2. The lowest BCUT2D eigenvalue weighted by Crippen LogP contribution is -2.38. The van der Waals surface area contributed by atoms with Gasteiger partial charge in [-0.15, -0.1) is 24.0 Å². The number of likely N-dealkylation sites (tertiary alicyclic amines) is 1. The molecule has 1 unspecified atom stereocenters. The average molecular weight is 537 g/mol. The Labute approximate surface area is 204 Å². The number of piperidine rings is 1. The van der Waals surface area contributed by atoms with Crippen LogP contribution in [0.4, 0.5) is 0 Å². The molecule has 3 rings (SSSR count). The second kappa shape index (κ2) is 13.0. The minimum atomic E-state index is -0.115. The van der Waals surface area contributed by atoms with Gasteiger partial charge < -0.3 is 15.7 Å². The minimum Gasteiger partial charge on any atom is -0.393 e. The SMILES string of the molecule is CCc1ccc(C(C)NC(=NC)NCc2ccc(CN3CCC(O)CC3)cc2)cc1.I. The van der Waals surface area contributed by atoms with Crippen molar-refractivity contribution in [2.24, 2.45) is 4.99 Å². The van der Waals surface area contributed by atoms with E-state index in [0.29, 0.717) is 0 Å². The summed E-state index contributed by atoms with van der Waals surface area (Å²) in [5, 5.41) is 16.5. The number of aliphatic hydroxyl groups excluding tert-OH is 1. The van der Waals surface area contributed by atoms with E-state index in [9.17, 15) is 5.11 Å². The summed E-state index contributed by atoms with van der Waals surface area (Å²) >= 11 is 0. The third kappa shape index (κ3) is 8.09. The molecule has 3 N–H and O–H groups in total. The van der Waals surface area contributed by atoms with Crippen molar-refractivity contribution >= 4 is 29.9 Å². The normalized spacial score (nSPS) is 16.5. The highest BCUT2D eigenvalue weighted by molar-refractivity contribution is 14.0. The maximum Gasteiger partial charge on any atom is 0.191 e. The molecule has 170 valence electrons. The Morgan fingerprint density at radius 3 is 2.19 bits per heavy atom. The first kappa shape index (κ1) is 25.6. The van der Waals surface area contributed by atoms with Crippen LogP contribution in [0.5, 0.6) is 0 Å². The smallest absolute Gasteiger partial charge is 0.191 e. The van der Waals surface area contributed by atoms with E-state index in [2.05, 4.69) is 82.9 Å². The average Bonchev–Trinajstić information content (AvgIpc) is 2.79. The van der Waals surface area contributed by atoms with Crippen molar-refractivity contribution in [1.82, 2.24) is 15.5 Å². The molecule has 2 aromatic carbocycles. The highest BCUT2D eigenvalue weighted by Crippen LogP contribution is 2.15. The van der Waals surface area contributed by atoms with E-state index in [-0.39, 0.29) is 36.1 Å². The van der Waals surface area contributed by atoms with Gasteiger partial charge in [-0.25, -0.2) is 0 Å². The van der Waals surface area contributed by atoms with Gasteiger partial charge in [0.2, 0.25) is 0 Å². The molecule has 1 atom stereocenters. The van der Waals surface area contributed by atoms with Crippen molar-refractivity contribution in [3.63, 3.8) is 0 Å². The highest BCUT2D eigenvalue weighted by atomic mass is 127. The highest BCUT2D eigenvalue weighted by Gasteiger charge is 2.16. The van der Waals surface area contributed by atoms with Gasteiger partial charge in [0.25, 0.3) is 0 Å². The van der Waals surface area contributed by atoms with Crippen LogP contribution in [0.15, 0.2) is 53.5 Å². The van der Waals surface area contributed by atoms with E-state index in [1.54, 1.807) is 7.05 Å². The number of nitrogens with zero attached hydrogens (tertiary/aromatic N) is 2. The molecular weight excluding hydrogens is 499 g/mol. The summed E-state index contributed by atoms with van der Waals surface area (Å²) in [5.74, 6) is 0.804. The summed E-state index contributed by atoms with van der Waals surface area (Å²) in [7, 11) is 1.81. The standard InChI is InChI=1S/C25H36N4O.HI/c1-4-20-9-11-23(12-10-20)19(2)28-25(26-3)27-17-21-5-7-22(8-6-21)18-29-15-13-24(30)14-16-29;/h5-12,19,24,30H,4,13-18H2,1-3H3,(H2,26,27,28);1H. The number of rotatable bonds is 7. The van der Waals surface area contributed by atoms with Crippen molar-refractivity contribution in [3.05, 3.63) is 70.8 Å². The fourth-order valence-corrected chi connectivity index (χ4v) is 3.81. The molecule has 31 heavy (non-hydrogen) atoms. The fourth-order valence-electron chi connectivity index (χ4n) is 3.81. The molecule has 0 aromatic heterocycles. The second-order valence-corrected chi connectivity index (χ2v) is 8.21. The van der Waals surface area contributed by atoms with Crippen molar-refractivity contribution in [3.8, 4) is 0 Å². The van der Waals surface area contributed by atoms with Gasteiger partial charge in [0.15, 0.2) is 5.96 Å². The maximum absolute atomic E-state index is 9.65. The van der Waals surface area contributed by atoms with Gasteiger partial charge in [-0.2, -0.15) is 0 Å². The molecule has 0 radical (unpaired) electrons. The van der Waals surface area contributed by atoms with Gasteiger partial charge in [-0.05, 0) is 48.4 Å². The molecule has 0 bridgehead atoms. The summed E-state index contributed by atoms with van der Waals surface area (Å²) in [6.07, 6.45) is 2.71. The fraction of sp³-hybridized carbons (Fsp3) is 0.480. The summed E-state index contributed by atoms with van der Waals surface area (Å²) in [5.41, 5.74) is 5.16. The molecule has 6 heteroatoms. The maximum atomic E-state index is 9.65. The van der Waals surface area contributed by atoms with Crippen LogP contribution in [0.3, 0.4) is 0 Å². The van der Waals surface area contributed by atoms with Crippen LogP contribution in [0.1, 0.15) is 55.0 Å². The van der Waals surface area contributed by atoms with E-state index >= 15 is 0 Å². The molecule has 1 aliphatic rings. The number of halogens is 1. The number of aliphatic hydroxyl groups is 1. The van der Waals surface area contributed by atoms with Crippen LogP contribution >= 0.6 is 24.0 Å². The molecule has 1 heterocycles. The topological polar surface area (TPSA) is 59.9 Å². The van der Waals surface area contributed by atoms with E-state index < -0.39 is 0 Å². The Hall–Kier alpha value is -1.64. The zero-order chi connectivity index (χ0) is 21.3. The van der Waals surface area contributed by atoms with Gasteiger partial charge in [0.05, 0.1) is 12.1 Å². The van der Waals surface area contributed by atoms with Crippen molar-refractivity contribution in [2.45, 2.75) is 58.3 Å². The predicted octanol–water partition coefficient (Wildman–Crippen LogP) is 4.25. The lowest BCUT2D eigenvalue weighted by atomic mass is 10.1. The first-order valence-electron chi connectivity index (χ1n) is 11.1. The second-order valence-electron chi connectivity index (χ2n) is 8.21. The molecule has 1 aliphatic heterocycles. The Kier molecular flexibility index (Phi) is 10.8. The van der Waals surface area contributed by atoms with Gasteiger partial charge in [0, 0.05) is 33.2 Å². The van der Waals surface area contributed by atoms with E-state index in [0.717, 1.165) is 51.4 Å². The van der Waals surface area contributed by atoms with Gasteiger partial charge >= 0.3 is 0 Å². The largest absolute Gasteiger partial charge is 0.393 e. The predicted molar refractivity (Wildman–Crippen MR) is 140 cm³/mol. The molecule has 0 aliphatic carbocycles. The van der Waals surface area contributed by atoms with Gasteiger partial charge in [0.1, 0.15) is 0 Å². The summed E-state index contributed by atoms with van der Waals surface area (Å²) in [6.45, 7) is 7.98. The van der Waals surface area contributed by atoms with Crippen molar-refractivity contribution in [2.75, 3.05) is 20.1 Å². The molecule has 1 fully saturated rings. The van der Waals surface area contributed by atoms with Crippen LogP contribution in [0, 0.1) is 0 Å². The zero-order valence-electron chi connectivity index (χ0n) is 19.0.